The second-order valence-electron chi connectivity index (χ2n) is 12.5. The van der Waals surface area contributed by atoms with Crippen LogP contribution in [-0.2, 0) is 13.6 Å². The lowest BCUT2D eigenvalue weighted by atomic mass is 9.87. The van der Waals surface area contributed by atoms with Crippen LogP contribution < -0.4 is 24.8 Å². The molecule has 0 fully saturated rings. The van der Waals surface area contributed by atoms with Gasteiger partial charge in [-0.3, -0.25) is 9.36 Å². The molecular weight excluding hydrogens is 599 g/mol. The summed E-state index contributed by atoms with van der Waals surface area (Å²) in [5, 5.41) is 10.3. The Bertz CT molecular complexity index is 1040. The molecule has 0 aliphatic carbocycles. The summed E-state index contributed by atoms with van der Waals surface area (Å²) < 4.78 is 38.6. The first-order chi connectivity index (χ1) is 21.3. The summed E-state index contributed by atoms with van der Waals surface area (Å²) in [6.07, 6.45) is 13.1. The number of hydrogen-bond donors (Lipinski definition) is 2. The van der Waals surface area contributed by atoms with Crippen LogP contribution in [0.15, 0.2) is 24.3 Å². The van der Waals surface area contributed by atoms with E-state index in [9.17, 15) is 19.4 Å². The monoisotopic (exact) mass is 658 g/mol. The molecule has 1 rings (SSSR count). The Morgan fingerprint density at radius 3 is 2.09 bits per heavy atom. The number of likely N-dealkylation sites (N-methyl/N-ethyl adjacent to an activating group) is 1. The van der Waals surface area contributed by atoms with Crippen LogP contribution in [0, 0.1) is 5.92 Å². The number of aliphatic hydroxyl groups is 1. The Morgan fingerprint density at radius 2 is 1.53 bits per heavy atom. The van der Waals surface area contributed by atoms with Gasteiger partial charge in [0.15, 0.2) is 17.3 Å². The number of phosphoric acid groups is 1. The fourth-order valence-corrected chi connectivity index (χ4v) is 5.54. The number of benzene rings is 1. The van der Waals surface area contributed by atoms with Gasteiger partial charge in [-0.2, -0.15) is 0 Å². The second kappa shape index (κ2) is 21.7. The molecule has 45 heavy (non-hydrogen) atoms. The third kappa shape index (κ3) is 16.9. The number of carbonyl (C=O) groups excluding carboxylic acids is 1. The van der Waals surface area contributed by atoms with Crippen LogP contribution in [0.3, 0.4) is 0 Å². The highest BCUT2D eigenvalue weighted by Crippen LogP contribution is 2.40. The van der Waals surface area contributed by atoms with Gasteiger partial charge in [0.1, 0.15) is 13.2 Å². The number of hydrogen-bond acceptors (Lipinski definition) is 10. The molecule has 3 N–H and O–H groups in total. The number of phosphoric ester groups is 1. The van der Waals surface area contributed by atoms with E-state index >= 15 is 0 Å². The molecule has 12 heteroatoms. The van der Waals surface area contributed by atoms with Crippen LogP contribution in [-0.4, -0.2) is 89.7 Å². The van der Waals surface area contributed by atoms with Gasteiger partial charge >= 0.3 is 0 Å². The van der Waals surface area contributed by atoms with Crippen molar-refractivity contribution in [2.24, 2.45) is 11.7 Å². The normalized spacial score (nSPS) is 15.4. The predicted molar refractivity (Wildman–Crippen MR) is 176 cm³/mol. The second-order valence-corrected chi connectivity index (χ2v) is 13.9. The van der Waals surface area contributed by atoms with Crippen LogP contribution in [0.4, 0.5) is 0 Å². The summed E-state index contributed by atoms with van der Waals surface area (Å²) in [6, 6.07) is 2.51. The molecule has 0 bridgehead atoms. The summed E-state index contributed by atoms with van der Waals surface area (Å²) in [6.45, 7) is 2.30. The Kier molecular flexibility index (Phi) is 19.8. The molecule has 0 heterocycles. The maximum Gasteiger partial charge on any atom is 0.268 e. The number of rotatable bonds is 26. The van der Waals surface area contributed by atoms with E-state index in [1.54, 1.807) is 18.2 Å². The van der Waals surface area contributed by atoms with E-state index in [0.717, 1.165) is 38.5 Å². The number of methoxy groups -OCH3 is 3. The van der Waals surface area contributed by atoms with Crippen molar-refractivity contribution in [1.29, 1.82) is 0 Å². The number of ketones is 1. The molecule has 0 radical (unpaired) electrons. The number of allylic oxidation sites excluding steroid dienone is 1. The summed E-state index contributed by atoms with van der Waals surface area (Å²) in [5.41, 5.74) is 6.47. The number of ether oxygens (including phenoxy) is 3. The van der Waals surface area contributed by atoms with Gasteiger partial charge in [0.05, 0.1) is 61.2 Å². The minimum Gasteiger partial charge on any atom is -0.756 e. The number of carbonyl (C=O) groups is 1. The van der Waals surface area contributed by atoms with E-state index in [1.807, 2.05) is 27.2 Å². The van der Waals surface area contributed by atoms with E-state index in [0.29, 0.717) is 40.3 Å². The van der Waals surface area contributed by atoms with Crippen molar-refractivity contribution in [1.82, 2.24) is 0 Å². The van der Waals surface area contributed by atoms with Crippen LogP contribution in [0.1, 0.15) is 87.9 Å². The first kappa shape index (κ1) is 41.0. The largest absolute Gasteiger partial charge is 0.756 e. The van der Waals surface area contributed by atoms with Crippen molar-refractivity contribution in [3.63, 3.8) is 0 Å². The average molecular weight is 659 g/mol. The zero-order chi connectivity index (χ0) is 33.9. The van der Waals surface area contributed by atoms with Crippen molar-refractivity contribution < 1.29 is 47.1 Å². The highest BCUT2D eigenvalue weighted by atomic mass is 31.2. The molecular formula is C33H59N2O9P. The fraction of sp³-hybridized carbons (Fsp3) is 0.727. The molecule has 11 nitrogen and oxygen atoms in total. The predicted octanol–water partition coefficient (Wildman–Crippen LogP) is 5.27. The number of unbranched alkanes of at least 4 members (excludes halogenated alkanes) is 7. The third-order valence-electron chi connectivity index (χ3n) is 7.61. The molecule has 1 aromatic carbocycles. The molecule has 0 aromatic heterocycles. The van der Waals surface area contributed by atoms with Crippen molar-refractivity contribution in [3.05, 3.63) is 29.8 Å². The molecule has 0 saturated heterocycles. The SMILES string of the molecule is CCCCCCCCC(CCCCC=CC(O)C(N)COP(=O)([O-])OCC[N+](C)(C)C)C(=O)c1cc(OC)c(OC)c(OC)c1. The molecule has 0 aliphatic rings. The van der Waals surface area contributed by atoms with E-state index in [1.165, 1.54) is 47.0 Å². The molecule has 1 aromatic rings. The molecule has 0 aliphatic heterocycles. The van der Waals surface area contributed by atoms with Gasteiger partial charge in [0.25, 0.3) is 7.82 Å². The van der Waals surface area contributed by atoms with Crippen molar-refractivity contribution in [2.45, 2.75) is 89.7 Å². The summed E-state index contributed by atoms with van der Waals surface area (Å²) in [7, 11) is 5.87. The van der Waals surface area contributed by atoms with Gasteiger partial charge in [-0.1, -0.05) is 64.0 Å². The standard InChI is InChI=1S/C33H59N2O9P/c1-8-9-10-11-12-15-18-26(32(37)27-23-30(40-5)33(42-7)31(24-27)41-6)19-16-13-14-17-20-29(36)28(34)25-44-45(38,39)43-22-21-35(2,3)4/h17,20,23-24,26,28-29,36H,8-16,18-19,21-22,25,34H2,1-7H3. The number of Topliss-reactive ketones (excluding diaryl/α,β-unsaturated/α-hetero) is 1. The van der Waals surface area contributed by atoms with Gasteiger partial charge in [0.2, 0.25) is 5.75 Å². The Hall–Kier alpha value is -1.98. The van der Waals surface area contributed by atoms with E-state index in [4.69, 9.17) is 29.0 Å². The smallest absolute Gasteiger partial charge is 0.268 e. The first-order valence-electron chi connectivity index (χ1n) is 16.1. The van der Waals surface area contributed by atoms with Gasteiger partial charge in [-0.25, -0.2) is 0 Å². The van der Waals surface area contributed by atoms with Gasteiger partial charge < -0.3 is 43.5 Å². The average Bonchev–Trinajstić information content (AvgIpc) is 2.99. The molecule has 0 spiro atoms. The number of aliphatic hydroxyl groups excluding tert-OH is 1. The van der Waals surface area contributed by atoms with Crippen LogP contribution in [0.25, 0.3) is 0 Å². The first-order valence-corrected chi connectivity index (χ1v) is 17.6. The quantitative estimate of drug-likeness (QED) is 0.0443. The van der Waals surface area contributed by atoms with E-state index in [-0.39, 0.29) is 24.9 Å². The lowest BCUT2D eigenvalue weighted by Crippen LogP contribution is -2.39. The van der Waals surface area contributed by atoms with E-state index in [2.05, 4.69) is 6.92 Å². The maximum atomic E-state index is 13.7. The van der Waals surface area contributed by atoms with Gasteiger partial charge in [-0.05, 0) is 37.8 Å². The minimum absolute atomic E-state index is 0.00410. The van der Waals surface area contributed by atoms with E-state index < -0.39 is 20.0 Å². The number of nitrogens with zero attached hydrogens (tertiary/aromatic N) is 1. The zero-order valence-corrected chi connectivity index (χ0v) is 29.5. The van der Waals surface area contributed by atoms with Crippen LogP contribution in [0.5, 0.6) is 17.2 Å². The highest BCUT2D eigenvalue weighted by molar-refractivity contribution is 7.45. The van der Waals surface area contributed by atoms with Crippen LogP contribution >= 0.6 is 7.82 Å². The topological polar surface area (TPSA) is 150 Å². The molecule has 0 saturated carbocycles. The maximum absolute atomic E-state index is 13.7. The van der Waals surface area contributed by atoms with Gasteiger partial charge in [0, 0.05) is 11.5 Å². The molecule has 4 unspecified atom stereocenters. The Labute approximate surface area is 271 Å². The molecule has 260 valence electrons. The summed E-state index contributed by atoms with van der Waals surface area (Å²) >= 11 is 0. The van der Waals surface area contributed by atoms with Crippen molar-refractivity contribution in [2.75, 3.05) is 62.2 Å². The molecule has 4 atom stereocenters. The minimum atomic E-state index is -4.51. The number of quaternary nitrogens is 1. The Morgan fingerprint density at radius 1 is 0.956 bits per heavy atom. The Balaban J connectivity index is 2.68. The fourth-order valence-electron chi connectivity index (χ4n) is 4.81. The zero-order valence-electron chi connectivity index (χ0n) is 28.6. The number of nitrogens with two attached hydrogens (primary N) is 1. The third-order valence-corrected chi connectivity index (χ3v) is 8.57. The van der Waals surface area contributed by atoms with Crippen LogP contribution in [0.2, 0.25) is 0 Å². The lowest BCUT2D eigenvalue weighted by Gasteiger charge is -2.28. The van der Waals surface area contributed by atoms with Crippen molar-refractivity contribution in [3.8, 4) is 17.2 Å². The summed E-state index contributed by atoms with van der Waals surface area (Å²) in [5.74, 6) is 1.30. The van der Waals surface area contributed by atoms with Gasteiger partial charge in [-0.15, -0.1) is 0 Å². The molecule has 0 amide bonds. The highest BCUT2D eigenvalue weighted by Gasteiger charge is 2.24. The summed E-state index contributed by atoms with van der Waals surface area (Å²) in [4.78, 5) is 25.7. The van der Waals surface area contributed by atoms with Crippen molar-refractivity contribution >= 4 is 13.6 Å². The lowest BCUT2D eigenvalue weighted by molar-refractivity contribution is -0.870.